The van der Waals surface area contributed by atoms with Crippen molar-refractivity contribution in [3.05, 3.63) is 24.0 Å². The van der Waals surface area contributed by atoms with Crippen molar-refractivity contribution in [1.29, 1.82) is 5.26 Å². The van der Waals surface area contributed by atoms with E-state index >= 15 is 0 Å². The first-order valence-corrected chi connectivity index (χ1v) is 7.13. The number of pyridine rings is 1. The average molecular weight is 266 g/mol. The van der Waals surface area contributed by atoms with Gasteiger partial charge in [-0.15, -0.1) is 0 Å². The average Bonchev–Trinajstić information content (AvgIpc) is 2.39. The minimum atomic E-state index is -3.60. The Bertz CT molecular complexity index is 562. The standard InChI is InChI=1S/C11H14N4O2S/c12-7-9-4-5-10(8-14-9)18(16,17)15-6-2-1-3-11(15)13/h4-5,8,11H,1-3,6,13H2. The molecule has 0 aromatic carbocycles. The predicted octanol–water partition coefficient (Wildman–Crippen LogP) is 0.413. The van der Waals surface area contributed by atoms with Gasteiger partial charge in [0.15, 0.2) is 0 Å². The van der Waals surface area contributed by atoms with Crippen LogP contribution in [0, 0.1) is 11.3 Å². The molecule has 0 aliphatic carbocycles. The van der Waals surface area contributed by atoms with E-state index in [1.165, 1.54) is 22.6 Å². The highest BCUT2D eigenvalue weighted by atomic mass is 32.2. The Morgan fingerprint density at radius 3 is 2.78 bits per heavy atom. The fourth-order valence-corrected chi connectivity index (χ4v) is 3.49. The number of sulfonamides is 1. The first kappa shape index (κ1) is 13.0. The van der Waals surface area contributed by atoms with Crippen LogP contribution < -0.4 is 5.73 Å². The van der Waals surface area contributed by atoms with E-state index in [9.17, 15) is 8.42 Å². The van der Waals surface area contributed by atoms with E-state index in [1.54, 1.807) is 0 Å². The first-order chi connectivity index (χ1) is 8.55. The Labute approximate surface area is 106 Å². The molecule has 0 spiro atoms. The molecule has 96 valence electrons. The summed E-state index contributed by atoms with van der Waals surface area (Å²) in [7, 11) is -3.60. The molecule has 1 unspecified atom stereocenters. The molecule has 1 atom stereocenters. The Kier molecular flexibility index (Phi) is 3.61. The van der Waals surface area contributed by atoms with Crippen molar-refractivity contribution in [2.75, 3.05) is 6.54 Å². The number of nitrogens with two attached hydrogens (primary N) is 1. The van der Waals surface area contributed by atoms with Crippen LogP contribution in [0.2, 0.25) is 0 Å². The lowest BCUT2D eigenvalue weighted by Crippen LogP contribution is -2.48. The molecule has 0 bridgehead atoms. The van der Waals surface area contributed by atoms with Crippen molar-refractivity contribution in [2.24, 2.45) is 5.73 Å². The van der Waals surface area contributed by atoms with E-state index in [2.05, 4.69) is 4.98 Å². The molecular weight excluding hydrogens is 252 g/mol. The summed E-state index contributed by atoms with van der Waals surface area (Å²) in [6.07, 6.45) is 3.16. The van der Waals surface area contributed by atoms with Crippen molar-refractivity contribution in [3.8, 4) is 6.07 Å². The van der Waals surface area contributed by atoms with Crippen LogP contribution in [0.25, 0.3) is 0 Å². The molecule has 1 aliphatic rings. The van der Waals surface area contributed by atoms with Gasteiger partial charge in [-0.3, -0.25) is 0 Å². The van der Waals surface area contributed by atoms with Crippen LogP contribution in [0.4, 0.5) is 0 Å². The van der Waals surface area contributed by atoms with Gasteiger partial charge < -0.3 is 5.73 Å². The van der Waals surface area contributed by atoms with Crippen molar-refractivity contribution < 1.29 is 8.42 Å². The fraction of sp³-hybridized carbons (Fsp3) is 0.455. The van der Waals surface area contributed by atoms with E-state index in [0.29, 0.717) is 13.0 Å². The third-order valence-corrected chi connectivity index (χ3v) is 4.86. The van der Waals surface area contributed by atoms with Crippen LogP contribution in [0.15, 0.2) is 23.2 Å². The van der Waals surface area contributed by atoms with Crippen molar-refractivity contribution >= 4 is 10.0 Å². The summed E-state index contributed by atoms with van der Waals surface area (Å²) in [5, 5.41) is 8.63. The van der Waals surface area contributed by atoms with Gasteiger partial charge >= 0.3 is 0 Å². The summed E-state index contributed by atoms with van der Waals surface area (Å²) in [5.74, 6) is 0. The Hall–Kier alpha value is -1.49. The summed E-state index contributed by atoms with van der Waals surface area (Å²) >= 11 is 0. The third kappa shape index (κ3) is 2.36. The number of piperidine rings is 1. The minimum absolute atomic E-state index is 0.0823. The highest BCUT2D eigenvalue weighted by Crippen LogP contribution is 2.22. The minimum Gasteiger partial charge on any atom is -0.315 e. The monoisotopic (exact) mass is 266 g/mol. The number of hydrogen-bond acceptors (Lipinski definition) is 5. The summed E-state index contributed by atoms with van der Waals surface area (Å²) in [6, 6.07) is 4.63. The number of hydrogen-bond donors (Lipinski definition) is 1. The topological polar surface area (TPSA) is 100 Å². The summed E-state index contributed by atoms with van der Waals surface area (Å²) in [4.78, 5) is 3.86. The zero-order valence-corrected chi connectivity index (χ0v) is 10.6. The van der Waals surface area contributed by atoms with Crippen LogP contribution in [0.1, 0.15) is 25.0 Å². The number of nitriles is 1. The molecule has 2 N–H and O–H groups in total. The van der Waals surface area contributed by atoms with E-state index in [0.717, 1.165) is 12.8 Å². The van der Waals surface area contributed by atoms with Gasteiger partial charge in [-0.1, -0.05) is 0 Å². The van der Waals surface area contributed by atoms with E-state index in [4.69, 9.17) is 11.0 Å². The molecule has 2 rings (SSSR count). The quantitative estimate of drug-likeness (QED) is 0.835. The van der Waals surface area contributed by atoms with Gasteiger partial charge in [0.25, 0.3) is 0 Å². The Morgan fingerprint density at radius 1 is 1.44 bits per heavy atom. The molecular formula is C11H14N4O2S. The first-order valence-electron chi connectivity index (χ1n) is 5.69. The molecule has 0 amide bonds. The fourth-order valence-electron chi connectivity index (χ4n) is 1.96. The predicted molar refractivity (Wildman–Crippen MR) is 64.7 cm³/mol. The lowest BCUT2D eigenvalue weighted by atomic mass is 10.1. The normalized spacial score (nSPS) is 21.4. The molecule has 7 heteroatoms. The maximum atomic E-state index is 12.3. The molecule has 6 nitrogen and oxygen atoms in total. The van der Waals surface area contributed by atoms with Crippen LogP contribution in [0.3, 0.4) is 0 Å². The van der Waals surface area contributed by atoms with Crippen LogP contribution in [-0.4, -0.2) is 30.4 Å². The molecule has 1 saturated heterocycles. The SMILES string of the molecule is N#Cc1ccc(S(=O)(=O)N2CCCCC2N)cn1. The molecule has 2 heterocycles. The zero-order chi connectivity index (χ0) is 13.2. The van der Waals surface area contributed by atoms with Gasteiger partial charge in [-0.2, -0.15) is 9.57 Å². The molecule has 18 heavy (non-hydrogen) atoms. The summed E-state index contributed by atoms with van der Waals surface area (Å²) in [5.41, 5.74) is 6.02. The molecule has 1 aromatic heterocycles. The maximum absolute atomic E-state index is 12.3. The number of rotatable bonds is 2. The second-order valence-corrected chi connectivity index (χ2v) is 6.06. The maximum Gasteiger partial charge on any atom is 0.245 e. The Morgan fingerprint density at radius 2 is 2.22 bits per heavy atom. The summed E-state index contributed by atoms with van der Waals surface area (Å²) in [6.45, 7) is 0.434. The van der Waals surface area contributed by atoms with E-state index in [-0.39, 0.29) is 10.6 Å². The second-order valence-electron chi connectivity index (χ2n) is 4.17. The Balaban J connectivity index is 2.32. The van der Waals surface area contributed by atoms with E-state index in [1.807, 2.05) is 6.07 Å². The summed E-state index contributed by atoms with van der Waals surface area (Å²) < 4.78 is 25.9. The van der Waals surface area contributed by atoms with Crippen molar-refractivity contribution in [1.82, 2.24) is 9.29 Å². The van der Waals surface area contributed by atoms with Gasteiger partial charge in [0, 0.05) is 12.7 Å². The van der Waals surface area contributed by atoms with Crippen LogP contribution in [0.5, 0.6) is 0 Å². The number of aromatic nitrogens is 1. The lowest BCUT2D eigenvalue weighted by molar-refractivity contribution is 0.258. The molecule has 1 fully saturated rings. The zero-order valence-electron chi connectivity index (χ0n) is 9.78. The molecule has 1 aliphatic heterocycles. The van der Waals surface area contributed by atoms with Crippen LogP contribution in [-0.2, 0) is 10.0 Å². The second kappa shape index (κ2) is 5.02. The lowest BCUT2D eigenvalue weighted by Gasteiger charge is -2.31. The van der Waals surface area contributed by atoms with Crippen LogP contribution >= 0.6 is 0 Å². The smallest absolute Gasteiger partial charge is 0.245 e. The van der Waals surface area contributed by atoms with Gasteiger partial charge in [0.2, 0.25) is 10.0 Å². The van der Waals surface area contributed by atoms with Crippen molar-refractivity contribution in [3.63, 3.8) is 0 Å². The molecule has 0 saturated carbocycles. The van der Waals surface area contributed by atoms with Gasteiger partial charge in [0.05, 0.1) is 6.17 Å². The largest absolute Gasteiger partial charge is 0.315 e. The third-order valence-electron chi connectivity index (χ3n) is 2.96. The van der Waals surface area contributed by atoms with Gasteiger partial charge in [0.1, 0.15) is 16.7 Å². The highest BCUT2D eigenvalue weighted by molar-refractivity contribution is 7.89. The molecule has 0 radical (unpaired) electrons. The molecule has 1 aromatic rings. The van der Waals surface area contributed by atoms with E-state index < -0.39 is 16.2 Å². The number of nitrogens with zero attached hydrogens (tertiary/aromatic N) is 3. The highest BCUT2D eigenvalue weighted by Gasteiger charge is 2.31. The van der Waals surface area contributed by atoms with Crippen molar-refractivity contribution in [2.45, 2.75) is 30.3 Å². The van der Waals surface area contributed by atoms with Gasteiger partial charge in [-0.05, 0) is 31.4 Å². The van der Waals surface area contributed by atoms with Gasteiger partial charge in [-0.25, -0.2) is 13.4 Å².